The van der Waals surface area contributed by atoms with Gasteiger partial charge in [-0.2, -0.15) is 0 Å². The van der Waals surface area contributed by atoms with Crippen LogP contribution in [0.4, 0.5) is 0 Å². The molecule has 3 heteroatoms. The lowest BCUT2D eigenvalue weighted by molar-refractivity contribution is 1.06. The Morgan fingerprint density at radius 1 is 0.775 bits per heavy atom. The first kappa shape index (κ1) is 26.5. The molecule has 0 aliphatic carbocycles. The molecule has 0 aliphatic rings. The van der Waals surface area contributed by atoms with Gasteiger partial charge >= 0.3 is 0 Å². The first-order valence-electron chi connectivity index (χ1n) is 13.4. The highest BCUT2D eigenvalue weighted by molar-refractivity contribution is 5.95. The fourth-order valence-electron chi connectivity index (χ4n) is 4.60. The number of fused-ring (bicyclic) bond motifs is 1. The third-order valence-electron chi connectivity index (χ3n) is 6.55. The maximum atomic E-state index is 5.07. The van der Waals surface area contributed by atoms with E-state index in [4.69, 9.17) is 9.97 Å². The maximum Gasteiger partial charge on any atom is 0.160 e. The molecule has 3 nitrogen and oxygen atoms in total. The summed E-state index contributed by atoms with van der Waals surface area (Å²) in [7, 11) is 0. The van der Waals surface area contributed by atoms with Crippen molar-refractivity contribution < 1.29 is 0 Å². The van der Waals surface area contributed by atoms with E-state index < -0.39 is 0 Å². The summed E-state index contributed by atoms with van der Waals surface area (Å²) in [4.78, 5) is 14.3. The van der Waals surface area contributed by atoms with Crippen molar-refractivity contribution in [2.75, 3.05) is 0 Å². The predicted octanol–water partition coefficient (Wildman–Crippen LogP) is 9.45. The smallest absolute Gasteiger partial charge is 0.160 e. The summed E-state index contributed by atoms with van der Waals surface area (Å²) in [6, 6.07) is 35.8. The zero-order valence-electron chi connectivity index (χ0n) is 22.6. The van der Waals surface area contributed by atoms with Crippen molar-refractivity contribution in [1.82, 2.24) is 9.97 Å². The fourth-order valence-corrected chi connectivity index (χ4v) is 4.60. The predicted molar refractivity (Wildman–Crippen MR) is 170 cm³/mol. The highest BCUT2D eigenvalue weighted by atomic mass is 14.9. The van der Waals surface area contributed by atoms with Gasteiger partial charge in [-0.25, -0.2) is 9.97 Å². The Labute approximate surface area is 236 Å². The molecule has 0 fully saturated rings. The van der Waals surface area contributed by atoms with E-state index in [1.54, 1.807) is 18.5 Å². The van der Waals surface area contributed by atoms with Crippen LogP contribution in [0.25, 0.3) is 44.5 Å². The van der Waals surface area contributed by atoms with Gasteiger partial charge < -0.3 is 0 Å². The molecule has 0 N–H and O–H groups in total. The quantitative estimate of drug-likeness (QED) is 0.144. The minimum Gasteiger partial charge on any atom is -0.265 e. The van der Waals surface area contributed by atoms with Crippen molar-refractivity contribution >= 4 is 17.0 Å². The van der Waals surface area contributed by atoms with Crippen LogP contribution in [-0.2, 0) is 6.42 Å². The van der Waals surface area contributed by atoms with Crippen molar-refractivity contribution in [3.05, 3.63) is 158 Å². The van der Waals surface area contributed by atoms with E-state index >= 15 is 0 Å². The number of nitrogens with zero attached hydrogens (tertiary/aromatic N) is 3. The molecule has 0 radical (unpaired) electrons. The Kier molecular flexibility index (Phi) is 8.65. The summed E-state index contributed by atoms with van der Waals surface area (Å²) in [6.07, 6.45) is 14.0. The normalized spacial score (nSPS) is 12.2. The molecule has 0 unspecified atom stereocenters. The molecule has 194 valence electrons. The van der Waals surface area contributed by atoms with Gasteiger partial charge in [-0.1, -0.05) is 128 Å². The summed E-state index contributed by atoms with van der Waals surface area (Å²) in [5.41, 5.74) is 7.37. The lowest BCUT2D eigenvalue weighted by Gasteiger charge is -2.11. The van der Waals surface area contributed by atoms with Gasteiger partial charge in [-0.15, -0.1) is 0 Å². The van der Waals surface area contributed by atoms with Gasteiger partial charge in [-0.3, -0.25) is 4.99 Å². The molecule has 0 aliphatic heterocycles. The van der Waals surface area contributed by atoms with Gasteiger partial charge in [0.1, 0.15) is 0 Å². The third kappa shape index (κ3) is 6.46. The Hall–Kier alpha value is -5.15. The molecule has 0 saturated heterocycles. The van der Waals surface area contributed by atoms with E-state index in [1.165, 1.54) is 16.5 Å². The second-order valence-corrected chi connectivity index (χ2v) is 9.30. The zero-order chi connectivity index (χ0) is 27.6. The molecule has 4 aromatic carbocycles. The summed E-state index contributed by atoms with van der Waals surface area (Å²) >= 11 is 0. The second-order valence-electron chi connectivity index (χ2n) is 9.30. The van der Waals surface area contributed by atoms with E-state index in [9.17, 15) is 0 Å². The first-order valence-corrected chi connectivity index (χ1v) is 13.4. The molecular formula is C37H31N3. The molecule has 1 aromatic heterocycles. The van der Waals surface area contributed by atoms with Crippen LogP contribution in [0.15, 0.2) is 157 Å². The molecule has 0 bridgehead atoms. The van der Waals surface area contributed by atoms with Crippen molar-refractivity contribution in [2.45, 2.75) is 13.3 Å². The van der Waals surface area contributed by atoms with E-state index in [0.29, 0.717) is 6.42 Å². The molecule has 1 heterocycles. The van der Waals surface area contributed by atoms with Crippen LogP contribution in [0.5, 0.6) is 0 Å². The Bertz CT molecular complexity index is 1720. The number of rotatable bonds is 9. The number of hydrogen-bond acceptors (Lipinski definition) is 3. The van der Waals surface area contributed by atoms with Gasteiger partial charge in [0.15, 0.2) is 5.82 Å². The Morgan fingerprint density at radius 2 is 1.50 bits per heavy atom. The first-order chi connectivity index (χ1) is 19.7. The van der Waals surface area contributed by atoms with E-state index in [1.807, 2.05) is 25.1 Å². The number of allylic oxidation sites excluding steroid dienone is 6. The second kappa shape index (κ2) is 13.1. The van der Waals surface area contributed by atoms with Crippen LogP contribution in [0, 0.1) is 0 Å². The maximum absolute atomic E-state index is 5.07. The molecular weight excluding hydrogens is 486 g/mol. The minimum atomic E-state index is 0.657. The molecule has 0 atom stereocenters. The van der Waals surface area contributed by atoms with Crippen LogP contribution in [0.3, 0.4) is 0 Å². The standard InChI is InChI=1S/C37H31N3/c1-3-11-28(24-26-38-25-4-2)18-23-33-27-36(32-21-19-30(20-22-32)29-12-6-5-7-13-29)40-37(39-33)35-17-10-15-31-14-8-9-16-34(31)35/h3-22,24-27H,2,23H2,1H3/b11-3-,26-24+,28-18+,38-25?. The van der Waals surface area contributed by atoms with Gasteiger partial charge in [0.25, 0.3) is 0 Å². The number of benzene rings is 4. The number of aromatic nitrogens is 2. The highest BCUT2D eigenvalue weighted by Crippen LogP contribution is 2.30. The Morgan fingerprint density at radius 3 is 2.30 bits per heavy atom. The average molecular weight is 518 g/mol. The molecule has 5 rings (SSSR count). The summed E-state index contributed by atoms with van der Waals surface area (Å²) in [5, 5.41) is 2.31. The highest BCUT2D eigenvalue weighted by Gasteiger charge is 2.12. The fraction of sp³-hybridized carbons (Fsp3) is 0.0541. The molecule has 0 spiro atoms. The molecule has 0 amide bonds. The lowest BCUT2D eigenvalue weighted by atomic mass is 10.0. The molecule has 5 aromatic rings. The summed E-state index contributed by atoms with van der Waals surface area (Å²) < 4.78 is 0. The van der Waals surface area contributed by atoms with Crippen molar-refractivity contribution in [3.8, 4) is 33.8 Å². The third-order valence-corrected chi connectivity index (χ3v) is 6.55. The van der Waals surface area contributed by atoms with Gasteiger partial charge in [-0.05, 0) is 46.5 Å². The van der Waals surface area contributed by atoms with Crippen LogP contribution in [-0.4, -0.2) is 16.2 Å². The number of aliphatic imine (C=N–C) groups is 1. The van der Waals surface area contributed by atoms with Crippen molar-refractivity contribution in [2.24, 2.45) is 4.99 Å². The van der Waals surface area contributed by atoms with Crippen LogP contribution >= 0.6 is 0 Å². The summed E-state index contributed by atoms with van der Waals surface area (Å²) in [5.74, 6) is 0.726. The Balaban J connectivity index is 1.57. The van der Waals surface area contributed by atoms with E-state index in [-0.39, 0.29) is 0 Å². The molecule has 40 heavy (non-hydrogen) atoms. The van der Waals surface area contributed by atoms with E-state index in [2.05, 4.69) is 121 Å². The van der Waals surface area contributed by atoms with Crippen molar-refractivity contribution in [1.29, 1.82) is 0 Å². The van der Waals surface area contributed by atoms with Gasteiger partial charge in [0, 0.05) is 35.7 Å². The SMILES string of the molecule is C=CC=N/C=C/C(/C=C\C)=C/Cc1cc(-c2ccc(-c3ccccc3)cc2)nc(-c2cccc3ccccc23)n1. The van der Waals surface area contributed by atoms with Gasteiger partial charge in [0.05, 0.1) is 5.69 Å². The van der Waals surface area contributed by atoms with Crippen LogP contribution in [0.2, 0.25) is 0 Å². The minimum absolute atomic E-state index is 0.657. The largest absolute Gasteiger partial charge is 0.265 e. The van der Waals surface area contributed by atoms with E-state index in [0.717, 1.165) is 39.3 Å². The topological polar surface area (TPSA) is 38.1 Å². The monoisotopic (exact) mass is 517 g/mol. The zero-order valence-corrected chi connectivity index (χ0v) is 22.6. The average Bonchev–Trinajstić information content (AvgIpc) is 3.02. The van der Waals surface area contributed by atoms with Crippen molar-refractivity contribution in [3.63, 3.8) is 0 Å². The summed E-state index contributed by atoms with van der Waals surface area (Å²) in [6.45, 7) is 5.68. The lowest BCUT2D eigenvalue weighted by Crippen LogP contribution is -1.99. The van der Waals surface area contributed by atoms with Crippen LogP contribution in [0.1, 0.15) is 12.6 Å². The van der Waals surface area contributed by atoms with Crippen LogP contribution < -0.4 is 0 Å². The number of hydrogen-bond donors (Lipinski definition) is 0. The van der Waals surface area contributed by atoms with Gasteiger partial charge in [0.2, 0.25) is 0 Å². The molecule has 0 saturated carbocycles.